The van der Waals surface area contributed by atoms with Gasteiger partial charge in [0.15, 0.2) is 0 Å². The van der Waals surface area contributed by atoms with Crippen molar-refractivity contribution >= 4 is 46.3 Å². The molecule has 3 aromatic rings. The molecule has 1 aromatic heterocycles. The van der Waals surface area contributed by atoms with Gasteiger partial charge < -0.3 is 14.3 Å². The Hall–Kier alpha value is -3.22. The highest BCUT2D eigenvalue weighted by Gasteiger charge is 2.48. The van der Waals surface area contributed by atoms with Gasteiger partial charge in [0.2, 0.25) is 0 Å². The molecule has 2 heterocycles. The minimum absolute atomic E-state index is 0.101. The number of amides is 1. The van der Waals surface area contributed by atoms with E-state index >= 15 is 0 Å². The molecule has 158 valence electrons. The van der Waals surface area contributed by atoms with E-state index in [0.29, 0.717) is 28.0 Å². The van der Waals surface area contributed by atoms with E-state index in [1.54, 1.807) is 55.5 Å². The van der Waals surface area contributed by atoms with Crippen molar-refractivity contribution in [3.8, 4) is 5.75 Å². The van der Waals surface area contributed by atoms with Crippen molar-refractivity contribution in [3.63, 3.8) is 0 Å². The van der Waals surface area contributed by atoms with E-state index in [9.17, 15) is 14.7 Å². The largest absolute Gasteiger partial charge is 0.507 e. The lowest BCUT2D eigenvalue weighted by Crippen LogP contribution is -2.29. The Morgan fingerprint density at radius 3 is 2.35 bits per heavy atom. The van der Waals surface area contributed by atoms with Gasteiger partial charge in [-0.15, -0.1) is 0 Å². The van der Waals surface area contributed by atoms with Gasteiger partial charge in [-0.2, -0.15) is 0 Å². The Morgan fingerprint density at radius 2 is 1.77 bits per heavy atom. The van der Waals surface area contributed by atoms with Crippen LogP contribution in [0.15, 0.2) is 64.6 Å². The van der Waals surface area contributed by atoms with Crippen molar-refractivity contribution < 1.29 is 23.8 Å². The van der Waals surface area contributed by atoms with Crippen molar-refractivity contribution in [2.45, 2.75) is 13.0 Å². The monoisotopic (exact) mass is 457 g/mol. The van der Waals surface area contributed by atoms with Gasteiger partial charge >= 0.3 is 0 Å². The molecule has 0 saturated carbocycles. The summed E-state index contributed by atoms with van der Waals surface area (Å²) in [6.07, 6.45) is 0. The number of hydrogen-bond acceptors (Lipinski definition) is 5. The summed E-state index contributed by atoms with van der Waals surface area (Å²) in [5.74, 6) is -0.630. The van der Waals surface area contributed by atoms with Crippen LogP contribution in [0.2, 0.25) is 10.0 Å². The number of benzene rings is 2. The van der Waals surface area contributed by atoms with E-state index in [2.05, 4.69) is 0 Å². The number of ketones is 1. The molecule has 1 aliphatic rings. The van der Waals surface area contributed by atoms with Crippen LogP contribution in [-0.2, 0) is 9.59 Å². The van der Waals surface area contributed by atoms with Crippen LogP contribution >= 0.6 is 23.2 Å². The highest BCUT2D eigenvalue weighted by atomic mass is 35.5. The number of hydrogen-bond donors (Lipinski definition) is 1. The normalized spacial score (nSPS) is 17.9. The fourth-order valence-electron chi connectivity index (χ4n) is 3.54. The molecule has 8 heteroatoms. The number of carbonyl (C=O) groups excluding carboxylic acids is 2. The summed E-state index contributed by atoms with van der Waals surface area (Å²) in [5, 5.41) is 11.8. The first-order valence-electron chi connectivity index (χ1n) is 9.28. The van der Waals surface area contributed by atoms with E-state index < -0.39 is 17.7 Å². The minimum atomic E-state index is -0.962. The molecule has 1 aliphatic heterocycles. The number of nitrogens with zero attached hydrogens (tertiary/aromatic N) is 1. The van der Waals surface area contributed by atoms with Gasteiger partial charge in [0.05, 0.1) is 17.7 Å². The van der Waals surface area contributed by atoms with E-state index in [-0.39, 0.29) is 21.9 Å². The number of furan rings is 1. The first-order valence-corrected chi connectivity index (χ1v) is 10.0. The van der Waals surface area contributed by atoms with E-state index in [1.165, 1.54) is 18.1 Å². The molecule has 4 rings (SSSR count). The van der Waals surface area contributed by atoms with Gasteiger partial charge in [0.1, 0.15) is 29.1 Å². The van der Waals surface area contributed by atoms with Gasteiger partial charge in [-0.1, -0.05) is 23.2 Å². The highest BCUT2D eigenvalue weighted by molar-refractivity contribution is 6.51. The van der Waals surface area contributed by atoms with Crippen molar-refractivity contribution in [2.75, 3.05) is 12.0 Å². The number of halogens is 2. The zero-order chi connectivity index (χ0) is 22.3. The van der Waals surface area contributed by atoms with Crippen LogP contribution in [0.4, 0.5) is 5.69 Å². The van der Waals surface area contributed by atoms with E-state index in [4.69, 9.17) is 32.4 Å². The third-order valence-electron chi connectivity index (χ3n) is 5.01. The lowest BCUT2D eigenvalue weighted by atomic mass is 9.99. The fraction of sp³-hybridized carbons (Fsp3) is 0.130. The van der Waals surface area contributed by atoms with Crippen LogP contribution in [0, 0.1) is 6.92 Å². The van der Waals surface area contributed by atoms with Crippen molar-refractivity contribution in [3.05, 3.63) is 87.3 Å². The average Bonchev–Trinajstić information content (AvgIpc) is 3.29. The first kappa shape index (κ1) is 21.0. The molecule has 6 nitrogen and oxygen atoms in total. The van der Waals surface area contributed by atoms with Crippen LogP contribution in [0.1, 0.15) is 23.1 Å². The molecule has 2 aromatic carbocycles. The predicted molar refractivity (Wildman–Crippen MR) is 118 cm³/mol. The molecule has 31 heavy (non-hydrogen) atoms. The number of rotatable bonds is 4. The SMILES string of the molecule is COc1ccc(/C(O)=C2/C(=O)C(=O)N(c3ccc(Cl)cc3)C2c2ccc(C)o2)cc1Cl. The summed E-state index contributed by atoms with van der Waals surface area (Å²) >= 11 is 12.2. The summed E-state index contributed by atoms with van der Waals surface area (Å²) in [5.41, 5.74) is 0.612. The number of ether oxygens (including phenoxy) is 1. The van der Waals surface area contributed by atoms with Crippen LogP contribution in [0.25, 0.3) is 5.76 Å². The Morgan fingerprint density at radius 1 is 1.06 bits per heavy atom. The molecular formula is C23H17Cl2NO5. The zero-order valence-electron chi connectivity index (χ0n) is 16.6. The number of methoxy groups -OCH3 is 1. The third-order valence-corrected chi connectivity index (χ3v) is 5.55. The summed E-state index contributed by atoms with van der Waals surface area (Å²) in [4.78, 5) is 27.3. The average molecular weight is 458 g/mol. The van der Waals surface area contributed by atoms with Crippen molar-refractivity contribution in [1.82, 2.24) is 0 Å². The summed E-state index contributed by atoms with van der Waals surface area (Å²) in [7, 11) is 1.47. The van der Waals surface area contributed by atoms with Crippen molar-refractivity contribution in [1.29, 1.82) is 0 Å². The quantitative estimate of drug-likeness (QED) is 0.316. The van der Waals surface area contributed by atoms with Gasteiger partial charge in [-0.3, -0.25) is 14.5 Å². The molecule has 1 fully saturated rings. The highest BCUT2D eigenvalue weighted by Crippen LogP contribution is 2.43. The van der Waals surface area contributed by atoms with Gasteiger partial charge in [0.25, 0.3) is 11.7 Å². The van der Waals surface area contributed by atoms with Crippen LogP contribution in [0.5, 0.6) is 5.75 Å². The van der Waals surface area contributed by atoms with Gasteiger partial charge in [-0.05, 0) is 61.5 Å². The molecule has 0 aliphatic carbocycles. The second-order valence-electron chi connectivity index (χ2n) is 6.94. The van der Waals surface area contributed by atoms with Gasteiger partial charge in [-0.25, -0.2) is 0 Å². The maximum absolute atomic E-state index is 13.0. The zero-order valence-corrected chi connectivity index (χ0v) is 18.1. The molecule has 0 radical (unpaired) electrons. The number of anilines is 1. The third kappa shape index (κ3) is 3.69. The molecule has 1 unspecified atom stereocenters. The Bertz CT molecular complexity index is 1210. The standard InChI is InChI=1S/C23H17Cl2NO5/c1-12-3-9-18(31-12)20-19(21(27)13-4-10-17(30-2)16(25)11-13)22(28)23(29)26(20)15-7-5-14(24)6-8-15/h3-11,20,27H,1-2H3/b21-19-. The first-order chi connectivity index (χ1) is 14.8. The summed E-state index contributed by atoms with van der Waals surface area (Å²) < 4.78 is 10.9. The number of aliphatic hydroxyl groups is 1. The lowest BCUT2D eigenvalue weighted by Gasteiger charge is -2.23. The molecule has 1 saturated heterocycles. The van der Waals surface area contributed by atoms with Crippen LogP contribution in [0.3, 0.4) is 0 Å². The second-order valence-corrected chi connectivity index (χ2v) is 7.79. The topological polar surface area (TPSA) is 80.0 Å². The number of carbonyl (C=O) groups is 2. The maximum Gasteiger partial charge on any atom is 0.300 e. The summed E-state index contributed by atoms with van der Waals surface area (Å²) in [6, 6.07) is 13.5. The smallest absolute Gasteiger partial charge is 0.300 e. The molecule has 0 bridgehead atoms. The molecule has 0 spiro atoms. The Labute approximate surface area is 188 Å². The Kier molecular flexibility index (Phi) is 5.52. The van der Waals surface area contributed by atoms with Crippen LogP contribution in [-0.4, -0.2) is 23.9 Å². The second kappa shape index (κ2) is 8.13. The molecule has 1 amide bonds. The van der Waals surface area contributed by atoms with Crippen LogP contribution < -0.4 is 9.64 Å². The lowest BCUT2D eigenvalue weighted by molar-refractivity contribution is -0.132. The van der Waals surface area contributed by atoms with Gasteiger partial charge in [0, 0.05) is 16.3 Å². The molecular weight excluding hydrogens is 441 g/mol. The summed E-state index contributed by atoms with van der Waals surface area (Å²) in [6.45, 7) is 1.75. The Balaban J connectivity index is 1.92. The maximum atomic E-state index is 13.0. The van der Waals surface area contributed by atoms with Crippen molar-refractivity contribution in [2.24, 2.45) is 0 Å². The number of aliphatic hydroxyl groups excluding tert-OH is 1. The molecule has 1 atom stereocenters. The minimum Gasteiger partial charge on any atom is -0.507 e. The number of aryl methyl sites for hydroxylation is 1. The number of Topliss-reactive ketones (excluding diaryl/α,β-unsaturated/α-hetero) is 1. The van der Waals surface area contributed by atoms with E-state index in [1.807, 2.05) is 0 Å². The molecule has 1 N–H and O–H groups in total. The fourth-order valence-corrected chi connectivity index (χ4v) is 3.92. The van der Waals surface area contributed by atoms with E-state index in [0.717, 1.165) is 0 Å². The predicted octanol–water partition coefficient (Wildman–Crippen LogP) is 5.53.